The smallest absolute Gasteiger partial charge is 0.313 e. The van der Waals surface area contributed by atoms with E-state index in [2.05, 4.69) is 0 Å². The summed E-state index contributed by atoms with van der Waals surface area (Å²) in [4.78, 5) is 37.9. The Balaban J connectivity index is 1.70. The molecule has 0 saturated carbocycles. The third-order valence-corrected chi connectivity index (χ3v) is 4.35. The SMILES string of the molecule is CCOc1cc(C#N)cc(Cl)c1OC(=O)CCN1C(=O)c2ccccc2C1=O. The van der Waals surface area contributed by atoms with Gasteiger partial charge in [-0.3, -0.25) is 19.3 Å². The molecule has 142 valence electrons. The maximum Gasteiger partial charge on any atom is 0.313 e. The Labute approximate surface area is 166 Å². The molecule has 0 bridgehead atoms. The van der Waals surface area contributed by atoms with E-state index in [9.17, 15) is 14.4 Å². The molecule has 7 nitrogen and oxygen atoms in total. The van der Waals surface area contributed by atoms with Gasteiger partial charge in [0.05, 0.1) is 40.8 Å². The normalized spacial score (nSPS) is 12.5. The number of carbonyl (C=O) groups is 3. The molecule has 1 heterocycles. The Morgan fingerprint density at radius 1 is 1.18 bits per heavy atom. The first-order valence-corrected chi connectivity index (χ1v) is 8.86. The fourth-order valence-corrected chi connectivity index (χ4v) is 3.05. The van der Waals surface area contributed by atoms with E-state index in [1.54, 1.807) is 31.2 Å². The Kier molecular flexibility index (Phi) is 5.62. The van der Waals surface area contributed by atoms with Crippen molar-refractivity contribution in [3.05, 3.63) is 58.1 Å². The summed E-state index contributed by atoms with van der Waals surface area (Å²) in [6, 6.07) is 11.2. The molecule has 0 aromatic heterocycles. The van der Waals surface area contributed by atoms with Gasteiger partial charge in [0, 0.05) is 12.6 Å². The van der Waals surface area contributed by atoms with Crippen LogP contribution in [0.3, 0.4) is 0 Å². The molecule has 2 amide bonds. The van der Waals surface area contributed by atoms with Gasteiger partial charge in [0.15, 0.2) is 11.5 Å². The molecular formula is C20H15ClN2O5. The molecule has 0 atom stereocenters. The van der Waals surface area contributed by atoms with Crippen LogP contribution >= 0.6 is 11.6 Å². The molecule has 0 spiro atoms. The highest BCUT2D eigenvalue weighted by Crippen LogP contribution is 2.37. The zero-order valence-corrected chi connectivity index (χ0v) is 15.7. The van der Waals surface area contributed by atoms with Crippen LogP contribution in [0.2, 0.25) is 5.02 Å². The van der Waals surface area contributed by atoms with Crippen LogP contribution in [-0.4, -0.2) is 35.8 Å². The average molecular weight is 399 g/mol. The highest BCUT2D eigenvalue weighted by molar-refractivity contribution is 6.32. The quantitative estimate of drug-likeness (QED) is 0.421. The fraction of sp³-hybridized carbons (Fsp3) is 0.200. The number of rotatable bonds is 6. The van der Waals surface area contributed by atoms with E-state index in [1.165, 1.54) is 12.1 Å². The van der Waals surface area contributed by atoms with Crippen LogP contribution < -0.4 is 9.47 Å². The molecule has 1 aliphatic heterocycles. The van der Waals surface area contributed by atoms with Crippen molar-refractivity contribution in [2.75, 3.05) is 13.2 Å². The third-order valence-electron chi connectivity index (χ3n) is 4.07. The average Bonchev–Trinajstić information content (AvgIpc) is 2.93. The van der Waals surface area contributed by atoms with E-state index >= 15 is 0 Å². The first kappa shape index (κ1) is 19.4. The fourth-order valence-electron chi connectivity index (χ4n) is 2.80. The number of ether oxygens (including phenoxy) is 2. The summed E-state index contributed by atoms with van der Waals surface area (Å²) in [7, 11) is 0. The maximum absolute atomic E-state index is 12.3. The maximum atomic E-state index is 12.3. The molecule has 0 fully saturated rings. The van der Waals surface area contributed by atoms with Crippen molar-refractivity contribution in [3.8, 4) is 17.6 Å². The summed E-state index contributed by atoms with van der Waals surface area (Å²) in [5.74, 6) is -1.42. The van der Waals surface area contributed by atoms with E-state index in [4.69, 9.17) is 26.3 Å². The van der Waals surface area contributed by atoms with Gasteiger partial charge in [-0.1, -0.05) is 23.7 Å². The number of hydrogen-bond acceptors (Lipinski definition) is 6. The van der Waals surface area contributed by atoms with Crippen LogP contribution in [0.4, 0.5) is 0 Å². The summed E-state index contributed by atoms with van der Waals surface area (Å²) < 4.78 is 10.7. The van der Waals surface area contributed by atoms with Gasteiger partial charge in [-0.25, -0.2) is 0 Å². The number of fused-ring (bicyclic) bond motifs is 1. The van der Waals surface area contributed by atoms with Crippen molar-refractivity contribution >= 4 is 29.4 Å². The summed E-state index contributed by atoms with van der Waals surface area (Å²) in [5, 5.41) is 9.07. The highest BCUT2D eigenvalue weighted by Gasteiger charge is 2.35. The van der Waals surface area contributed by atoms with Gasteiger partial charge >= 0.3 is 5.97 Å². The summed E-state index contributed by atoms with van der Waals surface area (Å²) in [6.07, 6.45) is -0.215. The molecule has 0 unspecified atom stereocenters. The summed E-state index contributed by atoms with van der Waals surface area (Å²) >= 11 is 6.10. The lowest BCUT2D eigenvalue weighted by molar-refractivity contribution is -0.134. The van der Waals surface area contributed by atoms with Crippen LogP contribution in [0.1, 0.15) is 39.6 Å². The van der Waals surface area contributed by atoms with E-state index in [0.717, 1.165) is 4.90 Å². The van der Waals surface area contributed by atoms with E-state index < -0.39 is 17.8 Å². The number of benzene rings is 2. The largest absolute Gasteiger partial charge is 0.490 e. The minimum Gasteiger partial charge on any atom is -0.490 e. The van der Waals surface area contributed by atoms with E-state index in [1.807, 2.05) is 6.07 Å². The number of nitrogens with zero attached hydrogens (tertiary/aromatic N) is 2. The molecule has 0 aliphatic carbocycles. The second kappa shape index (κ2) is 8.11. The number of esters is 1. The van der Waals surface area contributed by atoms with Crippen LogP contribution in [0.25, 0.3) is 0 Å². The van der Waals surface area contributed by atoms with Gasteiger partial charge < -0.3 is 9.47 Å². The lowest BCUT2D eigenvalue weighted by atomic mass is 10.1. The van der Waals surface area contributed by atoms with Gasteiger partial charge in [-0.05, 0) is 25.1 Å². The van der Waals surface area contributed by atoms with Crippen LogP contribution in [0.5, 0.6) is 11.5 Å². The minimum atomic E-state index is -0.691. The van der Waals surface area contributed by atoms with Crippen LogP contribution in [0.15, 0.2) is 36.4 Å². The highest BCUT2D eigenvalue weighted by atomic mass is 35.5. The number of hydrogen-bond donors (Lipinski definition) is 0. The number of nitriles is 1. The van der Waals surface area contributed by atoms with Gasteiger partial charge in [0.25, 0.3) is 11.8 Å². The Morgan fingerprint density at radius 3 is 2.39 bits per heavy atom. The monoisotopic (exact) mass is 398 g/mol. The lowest BCUT2D eigenvalue weighted by Crippen LogP contribution is -2.32. The number of carbonyl (C=O) groups excluding carboxylic acids is 3. The molecule has 28 heavy (non-hydrogen) atoms. The predicted octanol–water partition coefficient (Wildman–Crippen LogP) is 3.20. The lowest BCUT2D eigenvalue weighted by Gasteiger charge is -2.15. The van der Waals surface area contributed by atoms with Crippen molar-refractivity contribution < 1.29 is 23.9 Å². The Morgan fingerprint density at radius 2 is 1.82 bits per heavy atom. The van der Waals surface area contributed by atoms with Crippen molar-refractivity contribution in [1.82, 2.24) is 4.90 Å². The van der Waals surface area contributed by atoms with Gasteiger partial charge in [0.1, 0.15) is 0 Å². The minimum absolute atomic E-state index is 0.00474. The topological polar surface area (TPSA) is 96.7 Å². The Bertz CT molecular complexity index is 977. The predicted molar refractivity (Wildman–Crippen MR) is 99.4 cm³/mol. The zero-order valence-electron chi connectivity index (χ0n) is 14.9. The molecule has 0 radical (unpaired) electrons. The van der Waals surface area contributed by atoms with Crippen LogP contribution in [0, 0.1) is 11.3 Å². The molecule has 3 rings (SSSR count). The molecule has 2 aromatic carbocycles. The number of imide groups is 1. The van der Waals surface area contributed by atoms with Crippen LogP contribution in [-0.2, 0) is 4.79 Å². The molecule has 2 aromatic rings. The molecule has 0 N–H and O–H groups in total. The second-order valence-corrected chi connectivity index (χ2v) is 6.27. The van der Waals surface area contributed by atoms with E-state index in [-0.39, 0.29) is 41.7 Å². The number of halogens is 1. The van der Waals surface area contributed by atoms with Crippen molar-refractivity contribution in [2.45, 2.75) is 13.3 Å². The number of amides is 2. The Hall–Kier alpha value is -3.37. The van der Waals surface area contributed by atoms with Crippen molar-refractivity contribution in [3.63, 3.8) is 0 Å². The van der Waals surface area contributed by atoms with Crippen molar-refractivity contribution in [1.29, 1.82) is 5.26 Å². The first-order chi connectivity index (χ1) is 13.5. The van der Waals surface area contributed by atoms with Gasteiger partial charge in [0.2, 0.25) is 0 Å². The zero-order chi connectivity index (χ0) is 20.3. The molecule has 1 aliphatic rings. The van der Waals surface area contributed by atoms with Crippen molar-refractivity contribution in [2.24, 2.45) is 0 Å². The van der Waals surface area contributed by atoms with Gasteiger partial charge in [-0.2, -0.15) is 5.26 Å². The molecule has 0 saturated heterocycles. The van der Waals surface area contributed by atoms with E-state index in [0.29, 0.717) is 11.1 Å². The second-order valence-electron chi connectivity index (χ2n) is 5.86. The standard InChI is InChI=1S/C20H15ClN2O5/c1-2-27-16-10-12(11-22)9-15(21)18(16)28-17(24)7-8-23-19(25)13-5-3-4-6-14(13)20(23)26/h3-6,9-10H,2,7-8H2,1H3. The van der Waals surface area contributed by atoms with Gasteiger partial charge in [-0.15, -0.1) is 0 Å². The third kappa shape index (κ3) is 3.68. The molecular weight excluding hydrogens is 384 g/mol. The summed E-state index contributed by atoms with van der Waals surface area (Å²) in [6.45, 7) is 1.90. The molecule has 8 heteroatoms. The first-order valence-electron chi connectivity index (χ1n) is 8.48. The summed E-state index contributed by atoms with van der Waals surface area (Å²) in [5.41, 5.74) is 0.892.